The molecule has 0 spiro atoms. The van der Waals surface area contributed by atoms with Crippen molar-refractivity contribution in [2.45, 2.75) is 6.54 Å². The van der Waals surface area contributed by atoms with E-state index in [4.69, 9.17) is 16.0 Å². The van der Waals surface area contributed by atoms with E-state index in [1.165, 1.54) is 6.07 Å². The summed E-state index contributed by atoms with van der Waals surface area (Å²) in [5, 5.41) is 15.2. The van der Waals surface area contributed by atoms with Gasteiger partial charge >= 0.3 is 5.88 Å². The van der Waals surface area contributed by atoms with Gasteiger partial charge in [0.1, 0.15) is 10.7 Å². The first kappa shape index (κ1) is 13.4. The van der Waals surface area contributed by atoms with Crippen LogP contribution in [0.1, 0.15) is 5.76 Å². The third-order valence-corrected chi connectivity index (χ3v) is 3.31. The summed E-state index contributed by atoms with van der Waals surface area (Å²) in [5.41, 5.74) is 1.54. The van der Waals surface area contributed by atoms with Crippen molar-refractivity contribution in [2.75, 3.05) is 5.32 Å². The van der Waals surface area contributed by atoms with Crippen molar-refractivity contribution < 1.29 is 9.34 Å². The molecule has 0 bridgehead atoms. The van der Waals surface area contributed by atoms with E-state index >= 15 is 0 Å². The van der Waals surface area contributed by atoms with Gasteiger partial charge in [-0.1, -0.05) is 11.6 Å². The highest BCUT2D eigenvalue weighted by Crippen LogP contribution is 2.28. The molecule has 1 aromatic carbocycles. The number of pyridine rings is 1. The number of hydrogen-bond acceptors (Lipinski definition) is 5. The summed E-state index contributed by atoms with van der Waals surface area (Å²) in [7, 11) is 0. The van der Waals surface area contributed by atoms with Crippen LogP contribution in [-0.2, 0) is 6.54 Å². The lowest BCUT2D eigenvalue weighted by atomic mass is 10.2. The number of furan rings is 1. The second kappa shape index (κ2) is 5.41. The molecule has 106 valence electrons. The summed E-state index contributed by atoms with van der Waals surface area (Å²) in [4.78, 5) is 14.2. The number of nitrogens with one attached hydrogen (secondary N) is 1. The fraction of sp³-hybridized carbons (Fsp3) is 0.0714. The summed E-state index contributed by atoms with van der Waals surface area (Å²) < 4.78 is 5.10. The molecule has 0 amide bonds. The quantitative estimate of drug-likeness (QED) is 0.582. The largest absolute Gasteiger partial charge is 0.433 e. The Hall–Kier alpha value is -2.60. The van der Waals surface area contributed by atoms with Gasteiger partial charge in [0.15, 0.2) is 0 Å². The number of hydrogen-bond donors (Lipinski definition) is 1. The Morgan fingerprint density at radius 2 is 2.14 bits per heavy atom. The fourth-order valence-corrected chi connectivity index (χ4v) is 2.25. The van der Waals surface area contributed by atoms with Gasteiger partial charge in [-0.2, -0.15) is 0 Å². The Balaban J connectivity index is 1.85. The minimum atomic E-state index is -0.564. The second-order valence-electron chi connectivity index (χ2n) is 4.35. The first-order chi connectivity index (χ1) is 10.1. The van der Waals surface area contributed by atoms with Crippen molar-refractivity contribution in [3.05, 3.63) is 63.5 Å². The molecule has 0 saturated heterocycles. The minimum Gasteiger partial charge on any atom is -0.404 e. The predicted octanol–water partition coefficient (Wildman–Crippen LogP) is 4.00. The Morgan fingerprint density at radius 3 is 2.90 bits per heavy atom. The van der Waals surface area contributed by atoms with Crippen LogP contribution >= 0.6 is 11.6 Å². The summed E-state index contributed by atoms with van der Waals surface area (Å²) in [6.07, 6.45) is 1.67. The number of rotatable bonds is 4. The molecule has 0 aliphatic rings. The van der Waals surface area contributed by atoms with Crippen LogP contribution in [0.15, 0.2) is 47.0 Å². The number of nitro groups is 1. The lowest BCUT2D eigenvalue weighted by Gasteiger charge is -2.08. The van der Waals surface area contributed by atoms with Crippen molar-refractivity contribution >= 4 is 34.1 Å². The van der Waals surface area contributed by atoms with Gasteiger partial charge in [-0.05, 0) is 30.3 Å². The zero-order valence-corrected chi connectivity index (χ0v) is 11.5. The van der Waals surface area contributed by atoms with Crippen LogP contribution in [0.3, 0.4) is 0 Å². The first-order valence-corrected chi connectivity index (χ1v) is 6.53. The standard InChI is InChI=1S/C14H10ClN3O3/c15-11-4-5-12(10-2-1-7-16-14(10)11)17-8-9-3-6-13(21-9)18(19)20/h1-7,17H,8H2. The molecular weight excluding hydrogens is 294 g/mol. The molecule has 7 heteroatoms. The molecule has 0 atom stereocenters. The fourth-order valence-electron chi connectivity index (χ4n) is 2.03. The van der Waals surface area contributed by atoms with Crippen LogP contribution in [-0.4, -0.2) is 9.91 Å². The third kappa shape index (κ3) is 2.66. The molecule has 2 heterocycles. The van der Waals surface area contributed by atoms with Crippen molar-refractivity contribution in [1.29, 1.82) is 0 Å². The molecule has 3 rings (SSSR count). The number of nitrogens with zero attached hydrogens (tertiary/aromatic N) is 2. The van der Waals surface area contributed by atoms with E-state index in [9.17, 15) is 10.1 Å². The predicted molar refractivity (Wildman–Crippen MR) is 79.4 cm³/mol. The van der Waals surface area contributed by atoms with Gasteiger partial charge in [-0.3, -0.25) is 15.1 Å². The van der Waals surface area contributed by atoms with Gasteiger partial charge in [0.25, 0.3) is 0 Å². The monoisotopic (exact) mass is 303 g/mol. The molecule has 3 aromatic rings. The Bertz CT molecular complexity index is 816. The van der Waals surface area contributed by atoms with E-state index in [0.29, 0.717) is 22.8 Å². The zero-order chi connectivity index (χ0) is 14.8. The molecule has 0 unspecified atom stereocenters. The molecule has 0 radical (unpaired) electrons. The molecule has 6 nitrogen and oxygen atoms in total. The zero-order valence-electron chi connectivity index (χ0n) is 10.7. The van der Waals surface area contributed by atoms with E-state index in [2.05, 4.69) is 10.3 Å². The van der Waals surface area contributed by atoms with Crippen LogP contribution in [0.4, 0.5) is 11.6 Å². The van der Waals surface area contributed by atoms with Gasteiger partial charge in [-0.25, -0.2) is 0 Å². The molecule has 0 aliphatic heterocycles. The summed E-state index contributed by atoms with van der Waals surface area (Å²) in [6, 6.07) is 10.2. The smallest absolute Gasteiger partial charge is 0.404 e. The van der Waals surface area contributed by atoms with Crippen LogP contribution in [0, 0.1) is 10.1 Å². The topological polar surface area (TPSA) is 81.2 Å². The highest BCUT2D eigenvalue weighted by Gasteiger charge is 2.12. The maximum atomic E-state index is 10.6. The molecule has 1 N–H and O–H groups in total. The Labute approximate surface area is 124 Å². The SMILES string of the molecule is O=[N+]([O-])c1ccc(CNc2ccc(Cl)c3ncccc23)o1. The van der Waals surface area contributed by atoms with Crippen LogP contribution < -0.4 is 5.32 Å². The van der Waals surface area contributed by atoms with Crippen molar-refractivity contribution in [1.82, 2.24) is 4.98 Å². The summed E-state index contributed by atoms with van der Waals surface area (Å²) in [6.45, 7) is 0.333. The minimum absolute atomic E-state index is 0.269. The average Bonchev–Trinajstić information content (AvgIpc) is 2.96. The average molecular weight is 304 g/mol. The van der Waals surface area contributed by atoms with E-state index in [0.717, 1.165) is 11.1 Å². The molecule has 0 fully saturated rings. The number of fused-ring (bicyclic) bond motifs is 1. The lowest BCUT2D eigenvalue weighted by molar-refractivity contribution is -0.402. The van der Waals surface area contributed by atoms with E-state index in [1.807, 2.05) is 18.2 Å². The highest BCUT2D eigenvalue weighted by molar-refractivity contribution is 6.35. The maximum Gasteiger partial charge on any atom is 0.433 e. The van der Waals surface area contributed by atoms with Crippen LogP contribution in [0.2, 0.25) is 5.02 Å². The Kier molecular flexibility index (Phi) is 3.45. The van der Waals surface area contributed by atoms with E-state index < -0.39 is 4.92 Å². The molecule has 0 aliphatic carbocycles. The number of halogens is 1. The number of benzene rings is 1. The summed E-state index contributed by atoms with van der Waals surface area (Å²) in [5.74, 6) is 0.211. The van der Waals surface area contributed by atoms with Crippen LogP contribution in [0.25, 0.3) is 10.9 Å². The summed E-state index contributed by atoms with van der Waals surface area (Å²) >= 11 is 6.10. The molecular formula is C14H10ClN3O3. The van der Waals surface area contributed by atoms with Crippen molar-refractivity contribution in [3.63, 3.8) is 0 Å². The van der Waals surface area contributed by atoms with Gasteiger partial charge < -0.3 is 9.73 Å². The molecule has 0 saturated carbocycles. The second-order valence-corrected chi connectivity index (χ2v) is 4.75. The number of aromatic nitrogens is 1. The van der Waals surface area contributed by atoms with Gasteiger partial charge in [0.2, 0.25) is 0 Å². The van der Waals surface area contributed by atoms with Crippen molar-refractivity contribution in [3.8, 4) is 0 Å². The number of anilines is 1. The normalized spacial score (nSPS) is 10.7. The first-order valence-electron chi connectivity index (χ1n) is 6.15. The van der Waals surface area contributed by atoms with Gasteiger partial charge in [-0.15, -0.1) is 0 Å². The van der Waals surface area contributed by atoms with Gasteiger partial charge in [0, 0.05) is 17.3 Å². The third-order valence-electron chi connectivity index (χ3n) is 3.00. The highest BCUT2D eigenvalue weighted by atomic mass is 35.5. The van der Waals surface area contributed by atoms with Crippen molar-refractivity contribution in [2.24, 2.45) is 0 Å². The van der Waals surface area contributed by atoms with Gasteiger partial charge in [0.05, 0.1) is 23.2 Å². The van der Waals surface area contributed by atoms with E-state index in [-0.39, 0.29) is 5.88 Å². The molecule has 21 heavy (non-hydrogen) atoms. The Morgan fingerprint density at radius 1 is 1.29 bits per heavy atom. The van der Waals surface area contributed by atoms with Crippen LogP contribution in [0.5, 0.6) is 0 Å². The molecule has 2 aromatic heterocycles. The lowest BCUT2D eigenvalue weighted by Crippen LogP contribution is -1.99. The van der Waals surface area contributed by atoms with E-state index in [1.54, 1.807) is 18.3 Å². The maximum absolute atomic E-state index is 10.6.